The maximum Gasteiger partial charge on any atom is 0.0289 e. The van der Waals surface area contributed by atoms with Crippen LogP contribution in [-0.2, 0) is 0 Å². The van der Waals surface area contributed by atoms with E-state index < -0.39 is 0 Å². The molecule has 3 heteroatoms. The molecule has 0 amide bonds. The van der Waals surface area contributed by atoms with E-state index in [2.05, 4.69) is 13.5 Å². The van der Waals surface area contributed by atoms with Crippen molar-refractivity contribution in [1.82, 2.24) is 0 Å². The summed E-state index contributed by atoms with van der Waals surface area (Å²) in [6, 6.07) is 0.370. The Bertz CT molecular complexity index is 164. The van der Waals surface area contributed by atoms with Gasteiger partial charge in [-0.25, -0.2) is 0 Å². The lowest BCUT2D eigenvalue weighted by Crippen LogP contribution is -2.36. The molecule has 0 aromatic carbocycles. The van der Waals surface area contributed by atoms with Crippen LogP contribution in [0.25, 0.3) is 0 Å². The molecule has 1 aliphatic heterocycles. The number of nitrogens with two attached hydrogens (primary N) is 1. The van der Waals surface area contributed by atoms with E-state index in [0.29, 0.717) is 11.3 Å². The SMILES string of the molecule is C=C(C)CCC(N)C1CSCCS1. The molecule has 1 saturated heterocycles. The minimum atomic E-state index is 0.370. The minimum absolute atomic E-state index is 0.370. The second-order valence-corrected chi connectivity index (χ2v) is 6.14. The van der Waals surface area contributed by atoms with Crippen LogP contribution in [0.1, 0.15) is 19.8 Å². The Morgan fingerprint density at radius 3 is 2.92 bits per heavy atom. The standard InChI is InChI=1S/C10H19NS2/c1-8(2)3-4-9(11)10-7-12-5-6-13-10/h9-10H,1,3-7,11H2,2H3. The molecule has 0 aromatic heterocycles. The highest BCUT2D eigenvalue weighted by Gasteiger charge is 2.20. The van der Waals surface area contributed by atoms with Crippen LogP contribution in [-0.4, -0.2) is 28.6 Å². The summed E-state index contributed by atoms with van der Waals surface area (Å²) < 4.78 is 0. The zero-order valence-corrected chi connectivity index (χ0v) is 9.92. The van der Waals surface area contributed by atoms with E-state index >= 15 is 0 Å². The molecule has 0 saturated carbocycles. The van der Waals surface area contributed by atoms with E-state index in [-0.39, 0.29) is 0 Å². The first kappa shape index (κ1) is 11.5. The van der Waals surface area contributed by atoms with Crippen molar-refractivity contribution in [2.75, 3.05) is 17.3 Å². The topological polar surface area (TPSA) is 26.0 Å². The first-order valence-corrected chi connectivity index (χ1v) is 7.00. The Morgan fingerprint density at radius 2 is 2.38 bits per heavy atom. The number of thioether (sulfide) groups is 2. The van der Waals surface area contributed by atoms with Crippen LogP contribution >= 0.6 is 23.5 Å². The second-order valence-electron chi connectivity index (χ2n) is 3.64. The van der Waals surface area contributed by atoms with Gasteiger partial charge in [-0.05, 0) is 19.8 Å². The van der Waals surface area contributed by atoms with Gasteiger partial charge in [0.15, 0.2) is 0 Å². The smallest absolute Gasteiger partial charge is 0.0289 e. The molecule has 2 N–H and O–H groups in total. The highest BCUT2D eigenvalue weighted by molar-refractivity contribution is 8.06. The van der Waals surface area contributed by atoms with E-state index in [1.165, 1.54) is 22.8 Å². The highest BCUT2D eigenvalue weighted by atomic mass is 32.2. The first-order valence-electron chi connectivity index (χ1n) is 4.79. The van der Waals surface area contributed by atoms with Gasteiger partial charge in [0.2, 0.25) is 0 Å². The van der Waals surface area contributed by atoms with Crippen molar-refractivity contribution < 1.29 is 0 Å². The molecule has 1 nitrogen and oxygen atoms in total. The average Bonchev–Trinajstić information content (AvgIpc) is 2.15. The van der Waals surface area contributed by atoms with Gasteiger partial charge in [0, 0.05) is 28.6 Å². The lowest BCUT2D eigenvalue weighted by Gasteiger charge is -2.26. The lowest BCUT2D eigenvalue weighted by molar-refractivity contribution is 0.609. The van der Waals surface area contributed by atoms with Gasteiger partial charge in [0.1, 0.15) is 0 Å². The predicted octanol–water partition coefficient (Wildman–Crippen LogP) is 2.52. The summed E-state index contributed by atoms with van der Waals surface area (Å²) in [6.45, 7) is 5.98. The second kappa shape index (κ2) is 5.99. The molecule has 2 atom stereocenters. The largest absolute Gasteiger partial charge is 0.327 e. The molecular formula is C10H19NS2. The van der Waals surface area contributed by atoms with Gasteiger partial charge in [-0.15, -0.1) is 6.58 Å². The van der Waals surface area contributed by atoms with E-state index in [4.69, 9.17) is 5.73 Å². The van der Waals surface area contributed by atoms with Gasteiger partial charge in [-0.1, -0.05) is 5.57 Å². The molecule has 1 rings (SSSR count). The van der Waals surface area contributed by atoms with Crippen molar-refractivity contribution >= 4 is 23.5 Å². The Balaban J connectivity index is 2.20. The number of rotatable bonds is 4. The quantitative estimate of drug-likeness (QED) is 0.733. The van der Waals surface area contributed by atoms with Crippen LogP contribution in [0.3, 0.4) is 0 Å². The summed E-state index contributed by atoms with van der Waals surface area (Å²) in [5.74, 6) is 3.81. The van der Waals surface area contributed by atoms with Gasteiger partial charge in [0.05, 0.1) is 0 Å². The summed E-state index contributed by atoms with van der Waals surface area (Å²) >= 11 is 4.09. The fourth-order valence-corrected chi connectivity index (χ4v) is 4.21. The molecule has 1 aliphatic rings. The Kier molecular flexibility index (Phi) is 5.29. The Morgan fingerprint density at radius 1 is 1.62 bits per heavy atom. The van der Waals surface area contributed by atoms with E-state index in [9.17, 15) is 0 Å². The van der Waals surface area contributed by atoms with Crippen molar-refractivity contribution in [1.29, 1.82) is 0 Å². The zero-order valence-electron chi connectivity index (χ0n) is 8.29. The lowest BCUT2D eigenvalue weighted by atomic mass is 10.1. The minimum Gasteiger partial charge on any atom is -0.327 e. The van der Waals surface area contributed by atoms with Crippen LogP contribution in [0.15, 0.2) is 12.2 Å². The third kappa shape index (κ3) is 4.43. The summed E-state index contributed by atoms with van der Waals surface area (Å²) in [7, 11) is 0. The third-order valence-corrected chi connectivity index (χ3v) is 5.16. The van der Waals surface area contributed by atoms with Crippen molar-refractivity contribution in [3.63, 3.8) is 0 Å². The molecule has 1 fully saturated rings. The van der Waals surface area contributed by atoms with Crippen molar-refractivity contribution in [3.05, 3.63) is 12.2 Å². The monoisotopic (exact) mass is 217 g/mol. The summed E-state index contributed by atoms with van der Waals surface area (Å²) in [5.41, 5.74) is 7.38. The summed E-state index contributed by atoms with van der Waals surface area (Å²) in [6.07, 6.45) is 2.19. The molecule has 2 unspecified atom stereocenters. The predicted molar refractivity (Wildman–Crippen MR) is 65.6 cm³/mol. The molecular weight excluding hydrogens is 198 g/mol. The van der Waals surface area contributed by atoms with Crippen LogP contribution in [0.5, 0.6) is 0 Å². The molecule has 76 valence electrons. The normalized spacial score (nSPS) is 25.5. The van der Waals surface area contributed by atoms with Gasteiger partial charge in [-0.3, -0.25) is 0 Å². The van der Waals surface area contributed by atoms with Gasteiger partial charge >= 0.3 is 0 Å². The molecule has 0 aromatic rings. The summed E-state index contributed by atoms with van der Waals surface area (Å²) in [5, 5.41) is 0.679. The van der Waals surface area contributed by atoms with Crippen LogP contribution in [0.4, 0.5) is 0 Å². The zero-order chi connectivity index (χ0) is 9.68. The fourth-order valence-electron chi connectivity index (χ4n) is 1.35. The molecule has 13 heavy (non-hydrogen) atoms. The number of hydrogen-bond donors (Lipinski definition) is 1. The maximum absolute atomic E-state index is 6.12. The highest BCUT2D eigenvalue weighted by Crippen LogP contribution is 2.27. The fraction of sp³-hybridized carbons (Fsp3) is 0.800. The van der Waals surface area contributed by atoms with Crippen molar-refractivity contribution in [3.8, 4) is 0 Å². The molecule has 0 radical (unpaired) electrons. The van der Waals surface area contributed by atoms with Gasteiger partial charge in [0.25, 0.3) is 0 Å². The van der Waals surface area contributed by atoms with Crippen molar-refractivity contribution in [2.24, 2.45) is 5.73 Å². The van der Waals surface area contributed by atoms with E-state index in [1.54, 1.807) is 0 Å². The van der Waals surface area contributed by atoms with Crippen LogP contribution in [0.2, 0.25) is 0 Å². The molecule has 0 aliphatic carbocycles. The van der Waals surface area contributed by atoms with E-state index in [0.717, 1.165) is 12.8 Å². The van der Waals surface area contributed by atoms with Crippen LogP contribution in [0, 0.1) is 0 Å². The number of hydrogen-bond acceptors (Lipinski definition) is 3. The van der Waals surface area contributed by atoms with Gasteiger partial charge < -0.3 is 5.73 Å². The Hall–Kier alpha value is 0.400. The van der Waals surface area contributed by atoms with Crippen LogP contribution < -0.4 is 5.73 Å². The van der Waals surface area contributed by atoms with Gasteiger partial charge in [-0.2, -0.15) is 23.5 Å². The first-order chi connectivity index (χ1) is 6.20. The third-order valence-electron chi connectivity index (χ3n) is 2.22. The Labute approximate surface area is 89.9 Å². The molecule has 0 spiro atoms. The summed E-state index contributed by atoms with van der Waals surface area (Å²) in [4.78, 5) is 0. The molecule has 1 heterocycles. The average molecular weight is 217 g/mol. The number of allylic oxidation sites excluding steroid dienone is 1. The maximum atomic E-state index is 6.12. The van der Waals surface area contributed by atoms with Crippen molar-refractivity contribution in [2.45, 2.75) is 31.1 Å². The molecule has 0 bridgehead atoms. The van der Waals surface area contributed by atoms with E-state index in [1.807, 2.05) is 23.5 Å².